The molecular weight excluding hydrogens is 263 g/mol. The highest BCUT2D eigenvalue weighted by molar-refractivity contribution is 5.83. The Balaban J connectivity index is 2.19. The van der Waals surface area contributed by atoms with E-state index in [0.717, 1.165) is 18.9 Å². The molecule has 2 aromatic rings. The molecule has 1 aliphatic rings. The second kappa shape index (κ2) is 4.42. The summed E-state index contributed by atoms with van der Waals surface area (Å²) in [5, 5.41) is 22.0. The summed E-state index contributed by atoms with van der Waals surface area (Å²) >= 11 is 0. The fraction of sp³-hybridized carbons (Fsp3) is 0.231. The molecule has 3 rings (SSSR count). The highest BCUT2D eigenvalue weighted by atomic mass is 19.1. The van der Waals surface area contributed by atoms with E-state index in [1.54, 1.807) is 0 Å². The third kappa shape index (κ3) is 2.01. The lowest BCUT2D eigenvalue weighted by molar-refractivity contribution is 0.0683. The number of aromatic nitrogens is 3. The summed E-state index contributed by atoms with van der Waals surface area (Å²) in [5.74, 6) is -1.43. The Hall–Kier alpha value is -2.75. The van der Waals surface area contributed by atoms with Crippen molar-refractivity contribution in [3.05, 3.63) is 41.2 Å². The number of aromatic carboxylic acids is 1. The van der Waals surface area contributed by atoms with Crippen LogP contribution in [0.2, 0.25) is 0 Å². The Kier molecular flexibility index (Phi) is 2.71. The second-order valence-corrected chi connectivity index (χ2v) is 4.56. The lowest BCUT2D eigenvalue weighted by atomic mass is 10.2. The predicted octanol–water partition coefficient (Wildman–Crippen LogP) is 1.85. The van der Waals surface area contributed by atoms with Gasteiger partial charge in [-0.3, -0.25) is 0 Å². The molecule has 1 aliphatic carbocycles. The van der Waals surface area contributed by atoms with Crippen molar-refractivity contribution in [3.8, 4) is 11.8 Å². The van der Waals surface area contributed by atoms with Crippen LogP contribution in [0.3, 0.4) is 0 Å². The molecule has 0 spiro atoms. The fourth-order valence-corrected chi connectivity index (χ4v) is 1.98. The van der Waals surface area contributed by atoms with E-state index in [-0.39, 0.29) is 17.3 Å². The quantitative estimate of drug-likeness (QED) is 0.920. The van der Waals surface area contributed by atoms with E-state index >= 15 is 0 Å². The maximum absolute atomic E-state index is 13.2. The molecule has 1 aromatic heterocycles. The van der Waals surface area contributed by atoms with E-state index in [4.69, 9.17) is 10.4 Å². The smallest absolute Gasteiger partial charge is 0.375 e. The van der Waals surface area contributed by atoms with Crippen LogP contribution < -0.4 is 0 Å². The van der Waals surface area contributed by atoms with Crippen molar-refractivity contribution in [2.24, 2.45) is 0 Å². The molecule has 0 aliphatic heterocycles. The summed E-state index contributed by atoms with van der Waals surface area (Å²) < 4.78 is 14.5. The normalized spacial score (nSPS) is 14.0. The number of hydrogen-bond donors (Lipinski definition) is 1. The summed E-state index contributed by atoms with van der Waals surface area (Å²) in [6.45, 7) is 0. The first kappa shape index (κ1) is 12.3. The van der Waals surface area contributed by atoms with Crippen molar-refractivity contribution in [2.75, 3.05) is 0 Å². The van der Waals surface area contributed by atoms with E-state index in [1.165, 1.54) is 16.8 Å². The molecule has 6 nitrogen and oxygen atoms in total. The minimum Gasteiger partial charge on any atom is -0.475 e. The Labute approximate surface area is 113 Å². The average molecular weight is 272 g/mol. The van der Waals surface area contributed by atoms with Crippen LogP contribution >= 0.6 is 0 Å². The summed E-state index contributed by atoms with van der Waals surface area (Å²) in [4.78, 5) is 15.0. The van der Waals surface area contributed by atoms with Crippen LogP contribution in [0.4, 0.5) is 4.39 Å². The van der Waals surface area contributed by atoms with E-state index in [9.17, 15) is 9.18 Å². The number of nitrogens with zero attached hydrogens (tertiary/aromatic N) is 4. The van der Waals surface area contributed by atoms with Crippen LogP contribution in [0.5, 0.6) is 0 Å². The number of halogens is 1. The van der Waals surface area contributed by atoms with Crippen LogP contribution in [-0.2, 0) is 0 Å². The van der Waals surface area contributed by atoms with E-state index in [2.05, 4.69) is 10.1 Å². The van der Waals surface area contributed by atoms with Crippen molar-refractivity contribution in [1.82, 2.24) is 14.8 Å². The van der Waals surface area contributed by atoms with Crippen LogP contribution in [0.25, 0.3) is 5.69 Å². The Morgan fingerprint density at radius 2 is 2.25 bits per heavy atom. The van der Waals surface area contributed by atoms with Gasteiger partial charge >= 0.3 is 5.97 Å². The molecule has 1 heterocycles. The zero-order chi connectivity index (χ0) is 14.3. The first-order valence-corrected chi connectivity index (χ1v) is 6.00. The molecule has 20 heavy (non-hydrogen) atoms. The standard InChI is InChI=1S/C13H9FN4O2/c14-9-3-4-10(8(5-9)6-15)18-12(7-1-2-7)16-11(17-18)13(19)20/h3-5,7H,1-2H2,(H,19,20). The minimum absolute atomic E-state index is 0.0914. The SMILES string of the molecule is N#Cc1cc(F)ccc1-n1nc(C(=O)O)nc1C1CC1. The zero-order valence-electron chi connectivity index (χ0n) is 10.2. The summed E-state index contributed by atoms with van der Waals surface area (Å²) in [7, 11) is 0. The van der Waals surface area contributed by atoms with E-state index in [1.807, 2.05) is 6.07 Å². The molecule has 0 amide bonds. The molecule has 1 aromatic carbocycles. The summed E-state index contributed by atoms with van der Waals surface area (Å²) in [6.07, 6.45) is 1.81. The monoisotopic (exact) mass is 272 g/mol. The van der Waals surface area contributed by atoms with Gasteiger partial charge in [0.25, 0.3) is 5.82 Å². The number of nitriles is 1. The number of carboxylic acid groups (broad SMARTS) is 1. The third-order valence-electron chi connectivity index (χ3n) is 3.07. The van der Waals surface area contributed by atoms with E-state index < -0.39 is 11.8 Å². The van der Waals surface area contributed by atoms with Crippen molar-refractivity contribution in [3.63, 3.8) is 0 Å². The van der Waals surface area contributed by atoms with Crippen molar-refractivity contribution in [1.29, 1.82) is 5.26 Å². The van der Waals surface area contributed by atoms with Crippen molar-refractivity contribution < 1.29 is 14.3 Å². The van der Waals surface area contributed by atoms with Gasteiger partial charge in [-0.05, 0) is 31.0 Å². The number of rotatable bonds is 3. The topological polar surface area (TPSA) is 91.8 Å². The van der Waals surface area contributed by atoms with Gasteiger partial charge < -0.3 is 5.11 Å². The van der Waals surface area contributed by atoms with Crippen molar-refractivity contribution >= 4 is 5.97 Å². The zero-order valence-corrected chi connectivity index (χ0v) is 10.2. The van der Waals surface area contributed by atoms with Crippen molar-refractivity contribution in [2.45, 2.75) is 18.8 Å². The van der Waals surface area contributed by atoms with Crippen LogP contribution in [0, 0.1) is 17.1 Å². The Morgan fingerprint density at radius 1 is 1.50 bits per heavy atom. The van der Waals surface area contributed by atoms with Gasteiger partial charge in [0.05, 0.1) is 11.3 Å². The Bertz CT molecular complexity index is 743. The van der Waals surface area contributed by atoms with Gasteiger partial charge in [-0.1, -0.05) is 0 Å². The van der Waals surface area contributed by atoms with Gasteiger partial charge in [0.15, 0.2) is 0 Å². The Morgan fingerprint density at radius 3 is 2.85 bits per heavy atom. The lowest BCUT2D eigenvalue weighted by Gasteiger charge is -2.06. The minimum atomic E-state index is -1.23. The second-order valence-electron chi connectivity index (χ2n) is 4.56. The summed E-state index contributed by atoms with van der Waals surface area (Å²) in [5.41, 5.74) is 0.435. The van der Waals surface area contributed by atoms with Crippen LogP contribution in [0.15, 0.2) is 18.2 Å². The van der Waals surface area contributed by atoms with Gasteiger partial charge in [0, 0.05) is 5.92 Å². The molecule has 1 N–H and O–H groups in total. The van der Waals surface area contributed by atoms with Gasteiger partial charge in [-0.25, -0.2) is 18.9 Å². The maximum atomic E-state index is 13.2. The molecule has 0 radical (unpaired) electrons. The lowest BCUT2D eigenvalue weighted by Crippen LogP contribution is -2.05. The number of benzene rings is 1. The largest absolute Gasteiger partial charge is 0.475 e. The van der Waals surface area contributed by atoms with Gasteiger partial charge in [0.2, 0.25) is 0 Å². The van der Waals surface area contributed by atoms with Gasteiger partial charge in [0.1, 0.15) is 17.7 Å². The highest BCUT2D eigenvalue weighted by Crippen LogP contribution is 2.40. The van der Waals surface area contributed by atoms with Crippen LogP contribution in [-0.4, -0.2) is 25.8 Å². The highest BCUT2D eigenvalue weighted by Gasteiger charge is 2.32. The molecule has 0 unspecified atom stereocenters. The fourth-order valence-electron chi connectivity index (χ4n) is 1.98. The maximum Gasteiger partial charge on any atom is 0.375 e. The molecule has 100 valence electrons. The molecule has 0 saturated heterocycles. The molecule has 1 fully saturated rings. The van der Waals surface area contributed by atoms with E-state index in [0.29, 0.717) is 11.5 Å². The first-order valence-electron chi connectivity index (χ1n) is 6.00. The summed E-state index contributed by atoms with van der Waals surface area (Å²) in [6, 6.07) is 5.58. The molecule has 0 atom stereocenters. The number of hydrogen-bond acceptors (Lipinski definition) is 4. The van der Waals surface area contributed by atoms with Gasteiger partial charge in [-0.15, -0.1) is 5.10 Å². The third-order valence-corrected chi connectivity index (χ3v) is 3.07. The molecular formula is C13H9FN4O2. The number of carbonyl (C=O) groups is 1. The first-order chi connectivity index (χ1) is 9.60. The average Bonchev–Trinajstić information content (AvgIpc) is 3.17. The van der Waals surface area contributed by atoms with Crippen LogP contribution in [0.1, 0.15) is 40.8 Å². The van der Waals surface area contributed by atoms with Gasteiger partial charge in [-0.2, -0.15) is 5.26 Å². The predicted molar refractivity (Wildman–Crippen MR) is 65.0 cm³/mol. The molecule has 7 heteroatoms. The molecule has 1 saturated carbocycles. The molecule has 0 bridgehead atoms. The number of carboxylic acids is 1.